The number of carboxylic acid groups (broad SMARTS) is 1. The molecule has 1 aliphatic rings. The largest absolute Gasteiger partial charge is 0.481 e. The van der Waals surface area contributed by atoms with Crippen molar-refractivity contribution in [2.45, 2.75) is 12.8 Å². The second-order valence-corrected chi connectivity index (χ2v) is 6.80. The number of nitrogens with one attached hydrogen (secondary N) is 1. The third kappa shape index (κ3) is 4.28. The Labute approximate surface area is 161 Å². The third-order valence-corrected chi connectivity index (χ3v) is 4.89. The molecule has 8 nitrogen and oxygen atoms in total. The van der Waals surface area contributed by atoms with Crippen LogP contribution in [0.1, 0.15) is 33.6 Å². The number of aryl methyl sites for hydroxylation is 1. The van der Waals surface area contributed by atoms with E-state index in [1.54, 1.807) is 42.3 Å². The number of pyridine rings is 1. The fraction of sp³-hybridized carbons (Fsp3) is 0.300. The van der Waals surface area contributed by atoms with Gasteiger partial charge in [-0.1, -0.05) is 0 Å². The SMILES string of the molecule is Cn1ccc(C(=O)Nc2ccc(C(=O)N3CCC(C(=O)O)CC3)cc2)cc1=O. The monoisotopic (exact) mass is 383 g/mol. The molecule has 0 atom stereocenters. The normalized spacial score (nSPS) is 14.5. The molecule has 2 heterocycles. The Bertz CT molecular complexity index is 957. The summed E-state index contributed by atoms with van der Waals surface area (Å²) in [6, 6.07) is 9.28. The molecule has 2 N–H and O–H groups in total. The van der Waals surface area contributed by atoms with Crippen LogP contribution in [0.2, 0.25) is 0 Å². The first kappa shape index (κ1) is 19.3. The summed E-state index contributed by atoms with van der Waals surface area (Å²) >= 11 is 0. The Hall–Kier alpha value is -3.42. The molecule has 1 fully saturated rings. The zero-order valence-corrected chi connectivity index (χ0v) is 15.4. The lowest BCUT2D eigenvalue weighted by molar-refractivity contribution is -0.143. The highest BCUT2D eigenvalue weighted by Gasteiger charge is 2.27. The number of aliphatic carboxylic acids is 1. The maximum absolute atomic E-state index is 12.6. The molecule has 0 saturated carbocycles. The molecule has 8 heteroatoms. The van der Waals surface area contributed by atoms with E-state index in [-0.39, 0.29) is 17.0 Å². The summed E-state index contributed by atoms with van der Waals surface area (Å²) in [6.45, 7) is 0.828. The van der Waals surface area contributed by atoms with Crippen molar-refractivity contribution < 1.29 is 19.5 Å². The number of anilines is 1. The molecular weight excluding hydrogens is 362 g/mol. The Morgan fingerprint density at radius 3 is 2.25 bits per heavy atom. The fourth-order valence-electron chi connectivity index (χ4n) is 3.10. The van der Waals surface area contributed by atoms with Crippen LogP contribution in [-0.4, -0.2) is 45.4 Å². The number of hydrogen-bond acceptors (Lipinski definition) is 4. The highest BCUT2D eigenvalue weighted by molar-refractivity contribution is 6.04. The molecule has 2 amide bonds. The summed E-state index contributed by atoms with van der Waals surface area (Å²) in [5.41, 5.74) is 0.956. The molecule has 1 aromatic carbocycles. The molecule has 0 aliphatic carbocycles. The van der Waals surface area contributed by atoms with Gasteiger partial charge >= 0.3 is 5.97 Å². The molecule has 0 bridgehead atoms. The number of carboxylic acids is 1. The molecule has 0 spiro atoms. The number of hydrogen-bond donors (Lipinski definition) is 2. The Morgan fingerprint density at radius 2 is 1.68 bits per heavy atom. The van der Waals surface area contributed by atoms with Gasteiger partial charge in [0.1, 0.15) is 0 Å². The van der Waals surface area contributed by atoms with E-state index in [1.165, 1.54) is 16.8 Å². The maximum Gasteiger partial charge on any atom is 0.306 e. The van der Waals surface area contributed by atoms with Crippen LogP contribution in [-0.2, 0) is 11.8 Å². The topological polar surface area (TPSA) is 109 Å². The Balaban J connectivity index is 1.62. The number of piperidine rings is 1. The van der Waals surface area contributed by atoms with Gasteiger partial charge in [-0.05, 0) is 43.2 Å². The quantitative estimate of drug-likeness (QED) is 0.833. The van der Waals surface area contributed by atoms with Crippen molar-refractivity contribution in [3.63, 3.8) is 0 Å². The van der Waals surface area contributed by atoms with E-state index in [9.17, 15) is 19.2 Å². The lowest BCUT2D eigenvalue weighted by Crippen LogP contribution is -2.40. The lowest BCUT2D eigenvalue weighted by atomic mass is 9.96. The van der Waals surface area contributed by atoms with Gasteiger partial charge < -0.3 is 19.9 Å². The molecule has 1 aromatic heterocycles. The molecule has 1 aliphatic heterocycles. The van der Waals surface area contributed by atoms with Crippen molar-refractivity contribution in [3.05, 3.63) is 64.1 Å². The molecule has 3 rings (SSSR count). The van der Waals surface area contributed by atoms with Gasteiger partial charge in [0.2, 0.25) is 0 Å². The average Bonchev–Trinajstić information content (AvgIpc) is 2.70. The summed E-state index contributed by atoms with van der Waals surface area (Å²) in [7, 11) is 1.60. The van der Waals surface area contributed by atoms with Gasteiger partial charge in [0.25, 0.3) is 17.4 Å². The first-order chi connectivity index (χ1) is 13.3. The van der Waals surface area contributed by atoms with Gasteiger partial charge in [0, 0.05) is 49.2 Å². The molecular formula is C20H21N3O5. The number of aromatic nitrogens is 1. The standard InChI is InChI=1S/C20H21N3O5/c1-22-9-6-15(12-17(22)24)18(25)21-16-4-2-13(3-5-16)19(26)23-10-7-14(8-11-23)20(27)28/h2-6,9,12,14H,7-8,10-11H2,1H3,(H,21,25)(H,27,28). The minimum absolute atomic E-state index is 0.159. The highest BCUT2D eigenvalue weighted by atomic mass is 16.4. The summed E-state index contributed by atoms with van der Waals surface area (Å²) in [5, 5.41) is 11.7. The first-order valence-corrected chi connectivity index (χ1v) is 8.95. The second kappa shape index (κ2) is 8.08. The second-order valence-electron chi connectivity index (χ2n) is 6.80. The van der Waals surface area contributed by atoms with E-state index in [4.69, 9.17) is 5.11 Å². The molecule has 0 unspecified atom stereocenters. The minimum Gasteiger partial charge on any atom is -0.481 e. The number of rotatable bonds is 4. The zero-order valence-electron chi connectivity index (χ0n) is 15.4. The predicted octanol–water partition coefficient (Wildman–Crippen LogP) is 1.57. The number of benzene rings is 1. The van der Waals surface area contributed by atoms with Gasteiger partial charge in [0.15, 0.2) is 0 Å². The Kier molecular flexibility index (Phi) is 5.58. The number of likely N-dealkylation sites (tertiary alicyclic amines) is 1. The van der Waals surface area contributed by atoms with Crippen LogP contribution in [0.3, 0.4) is 0 Å². The highest BCUT2D eigenvalue weighted by Crippen LogP contribution is 2.20. The van der Waals surface area contributed by atoms with Crippen molar-refractivity contribution in [1.29, 1.82) is 0 Å². The van der Waals surface area contributed by atoms with Crippen molar-refractivity contribution in [3.8, 4) is 0 Å². The van der Waals surface area contributed by atoms with Crippen LogP contribution in [0.4, 0.5) is 5.69 Å². The summed E-state index contributed by atoms with van der Waals surface area (Å²) in [6.07, 6.45) is 2.42. The van der Waals surface area contributed by atoms with Crippen molar-refractivity contribution in [1.82, 2.24) is 9.47 Å². The van der Waals surface area contributed by atoms with E-state index in [2.05, 4.69) is 5.32 Å². The van der Waals surface area contributed by atoms with Gasteiger partial charge in [-0.3, -0.25) is 19.2 Å². The molecule has 28 heavy (non-hydrogen) atoms. The third-order valence-electron chi connectivity index (χ3n) is 4.89. The van der Waals surface area contributed by atoms with E-state index in [1.807, 2.05) is 0 Å². The van der Waals surface area contributed by atoms with E-state index in [0.717, 1.165) is 0 Å². The van der Waals surface area contributed by atoms with Crippen LogP contribution in [0.25, 0.3) is 0 Å². The predicted molar refractivity (Wildman–Crippen MR) is 102 cm³/mol. The van der Waals surface area contributed by atoms with Crippen molar-refractivity contribution in [2.24, 2.45) is 13.0 Å². The molecule has 2 aromatic rings. The van der Waals surface area contributed by atoms with E-state index in [0.29, 0.717) is 37.2 Å². The van der Waals surface area contributed by atoms with Gasteiger partial charge in [-0.2, -0.15) is 0 Å². The smallest absolute Gasteiger partial charge is 0.306 e. The molecule has 0 radical (unpaired) electrons. The number of nitrogens with zero attached hydrogens (tertiary/aromatic N) is 2. The summed E-state index contributed by atoms with van der Waals surface area (Å²) in [4.78, 5) is 49.1. The van der Waals surface area contributed by atoms with E-state index < -0.39 is 17.8 Å². The Morgan fingerprint density at radius 1 is 1.04 bits per heavy atom. The van der Waals surface area contributed by atoms with Crippen molar-refractivity contribution >= 4 is 23.5 Å². The number of amides is 2. The van der Waals surface area contributed by atoms with Crippen LogP contribution in [0, 0.1) is 5.92 Å². The van der Waals surface area contributed by atoms with Crippen LogP contribution >= 0.6 is 0 Å². The zero-order chi connectivity index (χ0) is 20.3. The first-order valence-electron chi connectivity index (χ1n) is 8.95. The minimum atomic E-state index is -0.816. The van der Waals surface area contributed by atoms with Crippen LogP contribution in [0.5, 0.6) is 0 Å². The number of carbonyl (C=O) groups is 3. The maximum atomic E-state index is 12.6. The fourth-order valence-corrected chi connectivity index (χ4v) is 3.10. The van der Waals surface area contributed by atoms with Crippen LogP contribution in [0.15, 0.2) is 47.4 Å². The van der Waals surface area contributed by atoms with Gasteiger partial charge in [-0.15, -0.1) is 0 Å². The van der Waals surface area contributed by atoms with Crippen LogP contribution < -0.4 is 10.9 Å². The van der Waals surface area contributed by atoms with Gasteiger partial charge in [-0.25, -0.2) is 0 Å². The summed E-state index contributed by atoms with van der Waals surface area (Å²) < 4.78 is 1.37. The van der Waals surface area contributed by atoms with Gasteiger partial charge in [0.05, 0.1) is 5.92 Å². The average molecular weight is 383 g/mol. The van der Waals surface area contributed by atoms with E-state index >= 15 is 0 Å². The van der Waals surface area contributed by atoms with Crippen molar-refractivity contribution in [2.75, 3.05) is 18.4 Å². The molecule has 146 valence electrons. The molecule has 1 saturated heterocycles. The lowest BCUT2D eigenvalue weighted by Gasteiger charge is -2.30. The summed E-state index contributed by atoms with van der Waals surface area (Å²) in [5.74, 6) is -1.78. The number of carbonyl (C=O) groups excluding carboxylic acids is 2.